The summed E-state index contributed by atoms with van der Waals surface area (Å²) in [5, 5.41) is 3.27. The van der Waals surface area contributed by atoms with E-state index in [2.05, 4.69) is 29.1 Å². The number of amides is 1. The Labute approximate surface area is 90.5 Å². The van der Waals surface area contributed by atoms with Crippen molar-refractivity contribution in [3.05, 3.63) is 24.0 Å². The van der Waals surface area contributed by atoms with E-state index in [1.807, 2.05) is 13.0 Å². The van der Waals surface area contributed by atoms with Crippen molar-refractivity contribution in [1.29, 1.82) is 0 Å². The molecule has 1 heterocycles. The third-order valence-corrected chi connectivity index (χ3v) is 2.40. The van der Waals surface area contributed by atoms with Crippen molar-refractivity contribution in [3.63, 3.8) is 0 Å². The van der Waals surface area contributed by atoms with Crippen LogP contribution in [0.3, 0.4) is 0 Å². The summed E-state index contributed by atoms with van der Waals surface area (Å²) in [6.07, 6.45) is 2.43. The summed E-state index contributed by atoms with van der Waals surface area (Å²) in [6, 6.07) is 4.23. The molecule has 4 heteroatoms. The Morgan fingerprint density at radius 2 is 2.40 bits per heavy atom. The van der Waals surface area contributed by atoms with Crippen LogP contribution in [-0.2, 0) is 17.9 Å². The van der Waals surface area contributed by atoms with Crippen LogP contribution in [0.2, 0.25) is 0 Å². The van der Waals surface area contributed by atoms with Gasteiger partial charge in [-0.1, -0.05) is 0 Å². The molecular weight excluding hydrogens is 190 g/mol. The summed E-state index contributed by atoms with van der Waals surface area (Å²) in [7, 11) is 0. The van der Waals surface area contributed by atoms with Gasteiger partial charge in [0, 0.05) is 37.4 Å². The first-order valence-electron chi connectivity index (χ1n) is 5.29. The summed E-state index contributed by atoms with van der Waals surface area (Å²) in [5.41, 5.74) is 6.34. The Kier molecular flexibility index (Phi) is 4.37. The Hall–Kier alpha value is -1.29. The van der Waals surface area contributed by atoms with Gasteiger partial charge < -0.3 is 15.6 Å². The van der Waals surface area contributed by atoms with Crippen molar-refractivity contribution < 1.29 is 4.79 Å². The average Bonchev–Trinajstić information content (AvgIpc) is 2.60. The molecule has 1 amide bonds. The Morgan fingerprint density at radius 3 is 3.00 bits per heavy atom. The molecule has 0 aliphatic rings. The van der Waals surface area contributed by atoms with Crippen molar-refractivity contribution in [3.8, 4) is 0 Å². The molecule has 1 aromatic heterocycles. The number of hydrogen-bond acceptors (Lipinski definition) is 2. The van der Waals surface area contributed by atoms with E-state index in [9.17, 15) is 4.79 Å². The molecule has 3 N–H and O–H groups in total. The fraction of sp³-hybridized carbons (Fsp3) is 0.545. The average molecular weight is 209 g/mol. The Balaban J connectivity index is 2.39. The highest BCUT2D eigenvalue weighted by Crippen LogP contribution is 2.02. The van der Waals surface area contributed by atoms with Gasteiger partial charge in [-0.05, 0) is 26.0 Å². The van der Waals surface area contributed by atoms with Crippen LogP contribution in [0.4, 0.5) is 0 Å². The van der Waals surface area contributed by atoms with Crippen LogP contribution in [0, 0.1) is 0 Å². The van der Waals surface area contributed by atoms with Crippen LogP contribution in [-0.4, -0.2) is 16.5 Å². The van der Waals surface area contributed by atoms with Crippen LogP contribution >= 0.6 is 0 Å². The molecule has 0 fully saturated rings. The fourth-order valence-electron chi connectivity index (χ4n) is 1.57. The Morgan fingerprint density at radius 1 is 1.67 bits per heavy atom. The van der Waals surface area contributed by atoms with Gasteiger partial charge >= 0.3 is 0 Å². The molecule has 0 radical (unpaired) electrons. The van der Waals surface area contributed by atoms with Crippen LogP contribution in [0.5, 0.6) is 0 Å². The van der Waals surface area contributed by atoms with Gasteiger partial charge in [0.2, 0.25) is 5.91 Å². The number of primary amides is 1. The number of carbonyl (C=O) groups is 1. The third kappa shape index (κ3) is 3.75. The van der Waals surface area contributed by atoms with Gasteiger partial charge in [-0.3, -0.25) is 4.79 Å². The number of nitrogens with two attached hydrogens (primary N) is 1. The molecule has 1 atom stereocenters. The highest BCUT2D eigenvalue weighted by molar-refractivity contribution is 5.74. The number of aromatic nitrogens is 1. The fourth-order valence-corrected chi connectivity index (χ4v) is 1.57. The number of aryl methyl sites for hydroxylation is 1. The van der Waals surface area contributed by atoms with Crippen molar-refractivity contribution in [2.24, 2.45) is 5.73 Å². The number of rotatable bonds is 6. The minimum atomic E-state index is -0.263. The molecule has 0 spiro atoms. The molecule has 1 unspecified atom stereocenters. The lowest BCUT2D eigenvalue weighted by Crippen LogP contribution is -2.31. The number of carbonyl (C=O) groups excluding carboxylic acids is 1. The standard InChI is InChI=1S/C11H19N3O/c1-3-14-6-4-5-10(14)8-13-9(2)7-11(12)15/h4-6,9,13H,3,7-8H2,1-2H3,(H2,12,15). The van der Waals surface area contributed by atoms with E-state index in [1.165, 1.54) is 5.69 Å². The van der Waals surface area contributed by atoms with Crippen LogP contribution in [0.25, 0.3) is 0 Å². The topological polar surface area (TPSA) is 60.1 Å². The van der Waals surface area contributed by atoms with E-state index in [1.54, 1.807) is 0 Å². The monoisotopic (exact) mass is 209 g/mol. The normalized spacial score (nSPS) is 12.7. The summed E-state index contributed by atoms with van der Waals surface area (Å²) in [6.45, 7) is 5.81. The highest BCUT2D eigenvalue weighted by atomic mass is 16.1. The van der Waals surface area contributed by atoms with Gasteiger partial charge in [0.25, 0.3) is 0 Å². The van der Waals surface area contributed by atoms with Crippen LogP contribution in [0.15, 0.2) is 18.3 Å². The predicted molar refractivity (Wildman–Crippen MR) is 60.2 cm³/mol. The zero-order chi connectivity index (χ0) is 11.3. The largest absolute Gasteiger partial charge is 0.370 e. The molecule has 0 aliphatic carbocycles. The second-order valence-corrected chi connectivity index (χ2v) is 3.74. The van der Waals surface area contributed by atoms with Crippen LogP contribution < -0.4 is 11.1 Å². The van der Waals surface area contributed by atoms with E-state index in [4.69, 9.17) is 5.73 Å². The third-order valence-electron chi connectivity index (χ3n) is 2.40. The second kappa shape index (κ2) is 5.56. The number of nitrogens with one attached hydrogen (secondary N) is 1. The second-order valence-electron chi connectivity index (χ2n) is 3.74. The zero-order valence-corrected chi connectivity index (χ0v) is 9.36. The molecule has 0 bridgehead atoms. The van der Waals surface area contributed by atoms with Gasteiger partial charge in [0.15, 0.2) is 0 Å². The van der Waals surface area contributed by atoms with Crippen molar-refractivity contribution in [1.82, 2.24) is 9.88 Å². The lowest BCUT2D eigenvalue weighted by Gasteiger charge is -2.13. The Bertz CT molecular complexity index is 319. The maximum absolute atomic E-state index is 10.7. The molecule has 4 nitrogen and oxygen atoms in total. The van der Waals surface area contributed by atoms with Crippen LogP contribution in [0.1, 0.15) is 26.0 Å². The lowest BCUT2D eigenvalue weighted by molar-refractivity contribution is -0.118. The van der Waals surface area contributed by atoms with E-state index >= 15 is 0 Å². The van der Waals surface area contributed by atoms with Gasteiger partial charge in [0.05, 0.1) is 0 Å². The summed E-state index contributed by atoms with van der Waals surface area (Å²) in [4.78, 5) is 10.7. The van der Waals surface area contributed by atoms with Crippen molar-refractivity contribution >= 4 is 5.91 Å². The van der Waals surface area contributed by atoms with Gasteiger partial charge in [-0.2, -0.15) is 0 Å². The summed E-state index contributed by atoms with van der Waals surface area (Å²) < 4.78 is 2.17. The van der Waals surface area contributed by atoms with Crippen molar-refractivity contribution in [2.45, 2.75) is 39.4 Å². The number of hydrogen-bond donors (Lipinski definition) is 2. The molecule has 1 aromatic rings. The first kappa shape index (κ1) is 11.8. The first-order valence-corrected chi connectivity index (χ1v) is 5.29. The molecule has 0 saturated heterocycles. The van der Waals surface area contributed by atoms with E-state index in [0.717, 1.165) is 13.1 Å². The predicted octanol–water partition coefficient (Wildman–Crippen LogP) is 0.862. The molecule has 84 valence electrons. The minimum absolute atomic E-state index is 0.128. The van der Waals surface area contributed by atoms with Crippen molar-refractivity contribution in [2.75, 3.05) is 0 Å². The first-order chi connectivity index (χ1) is 7.13. The van der Waals surface area contributed by atoms with E-state index < -0.39 is 0 Å². The maximum Gasteiger partial charge on any atom is 0.218 e. The molecule has 0 aliphatic heterocycles. The maximum atomic E-state index is 10.7. The molecular formula is C11H19N3O. The summed E-state index contributed by atoms with van der Waals surface area (Å²) >= 11 is 0. The molecule has 1 rings (SSSR count). The molecule has 0 aromatic carbocycles. The van der Waals surface area contributed by atoms with E-state index in [0.29, 0.717) is 6.42 Å². The minimum Gasteiger partial charge on any atom is -0.370 e. The SMILES string of the molecule is CCn1cccc1CNC(C)CC(N)=O. The zero-order valence-electron chi connectivity index (χ0n) is 9.36. The highest BCUT2D eigenvalue weighted by Gasteiger charge is 2.06. The van der Waals surface area contributed by atoms with Gasteiger partial charge in [-0.25, -0.2) is 0 Å². The lowest BCUT2D eigenvalue weighted by atomic mass is 10.2. The molecule has 0 saturated carbocycles. The smallest absolute Gasteiger partial charge is 0.218 e. The van der Waals surface area contributed by atoms with E-state index in [-0.39, 0.29) is 11.9 Å². The molecule has 15 heavy (non-hydrogen) atoms. The number of nitrogens with zero attached hydrogens (tertiary/aromatic N) is 1. The van der Waals surface area contributed by atoms with Gasteiger partial charge in [0.1, 0.15) is 0 Å². The quantitative estimate of drug-likeness (QED) is 0.730. The summed E-state index contributed by atoms with van der Waals surface area (Å²) in [5.74, 6) is -0.263. The van der Waals surface area contributed by atoms with Gasteiger partial charge in [-0.15, -0.1) is 0 Å².